The van der Waals surface area contributed by atoms with Crippen LogP contribution in [0.2, 0.25) is 0 Å². The molecule has 0 amide bonds. The minimum atomic E-state index is -4.15. The zero-order valence-corrected chi connectivity index (χ0v) is 18.1. The van der Waals surface area contributed by atoms with Crippen LogP contribution in [-0.2, 0) is 11.2 Å². The SMILES string of the molecule is BC(O)(C(O)(O)O)C(O)(O)C(O)(O)Oc1ccc2c(c1)C[C@H](C)C(CN1CC(C(=O)O)C1)=C2. The minimum Gasteiger partial charge on any atom is -0.481 e. The zero-order valence-electron chi connectivity index (χ0n) is 18.1. The molecule has 0 radical (unpaired) electrons. The van der Waals surface area contributed by atoms with Crippen LogP contribution in [0.4, 0.5) is 0 Å². The van der Waals surface area contributed by atoms with Crippen LogP contribution in [0.25, 0.3) is 6.08 Å². The van der Waals surface area contributed by atoms with Crippen LogP contribution in [0.15, 0.2) is 23.8 Å². The van der Waals surface area contributed by atoms with E-state index >= 15 is 0 Å². The first-order valence-electron chi connectivity index (χ1n) is 10.2. The molecule has 1 fully saturated rings. The van der Waals surface area contributed by atoms with Gasteiger partial charge in [-0.2, -0.15) is 0 Å². The number of aliphatic carboxylic acids is 1. The van der Waals surface area contributed by atoms with E-state index in [0.717, 1.165) is 16.7 Å². The molecule has 12 nitrogen and oxygen atoms in total. The largest absolute Gasteiger partial charge is 0.481 e. The minimum absolute atomic E-state index is 0.0823. The number of hydrogen-bond donors (Lipinski definition) is 9. The molecule has 0 saturated carbocycles. The fourth-order valence-electron chi connectivity index (χ4n) is 3.87. The van der Waals surface area contributed by atoms with Crippen molar-refractivity contribution in [3.05, 3.63) is 34.9 Å². The molecule has 2 atom stereocenters. The molecule has 1 aliphatic heterocycles. The lowest BCUT2D eigenvalue weighted by Gasteiger charge is -2.46. The number of benzene rings is 1. The molecule has 0 bridgehead atoms. The van der Waals surface area contributed by atoms with Crippen LogP contribution in [0.1, 0.15) is 18.1 Å². The van der Waals surface area contributed by atoms with Crippen molar-refractivity contribution in [1.29, 1.82) is 0 Å². The third kappa shape index (κ3) is 4.64. The molecule has 0 spiro atoms. The average molecular weight is 469 g/mol. The van der Waals surface area contributed by atoms with E-state index in [1.165, 1.54) is 12.1 Å². The van der Waals surface area contributed by atoms with E-state index in [9.17, 15) is 45.6 Å². The zero-order chi connectivity index (χ0) is 25.0. The normalized spacial score (nSPS) is 22.1. The van der Waals surface area contributed by atoms with Crippen molar-refractivity contribution in [3.63, 3.8) is 0 Å². The van der Waals surface area contributed by atoms with E-state index in [1.807, 2.05) is 17.9 Å². The van der Waals surface area contributed by atoms with Gasteiger partial charge >= 0.3 is 17.9 Å². The van der Waals surface area contributed by atoms with Crippen molar-refractivity contribution >= 4 is 19.9 Å². The van der Waals surface area contributed by atoms with Crippen molar-refractivity contribution in [2.45, 2.75) is 36.6 Å². The summed E-state index contributed by atoms with van der Waals surface area (Å²) in [6.07, 6.45) is 2.48. The summed E-state index contributed by atoms with van der Waals surface area (Å²) in [7, 11) is 0.342. The summed E-state index contributed by atoms with van der Waals surface area (Å²) in [6, 6.07) is 4.30. The number of carbonyl (C=O) groups is 1. The molecule has 1 saturated heterocycles. The predicted octanol–water partition coefficient (Wildman–Crippen LogP) is -4.07. The maximum absolute atomic E-state index is 11.0. The fourth-order valence-corrected chi connectivity index (χ4v) is 3.87. The van der Waals surface area contributed by atoms with E-state index in [2.05, 4.69) is 0 Å². The number of nitrogens with zero attached hydrogens (tertiary/aromatic N) is 1. The van der Waals surface area contributed by atoms with Crippen molar-refractivity contribution < 1.29 is 55.5 Å². The van der Waals surface area contributed by atoms with E-state index in [-0.39, 0.29) is 17.6 Å². The summed E-state index contributed by atoms with van der Waals surface area (Å²) in [5.74, 6) is -13.6. The molecule has 1 aromatic carbocycles. The van der Waals surface area contributed by atoms with Gasteiger partial charge in [0, 0.05) is 19.6 Å². The molecule has 33 heavy (non-hydrogen) atoms. The number of rotatable bonds is 8. The molecule has 2 aliphatic rings. The monoisotopic (exact) mass is 469 g/mol. The third-order valence-electron chi connectivity index (χ3n) is 6.37. The molecule has 0 aromatic heterocycles. The van der Waals surface area contributed by atoms with Crippen LogP contribution < -0.4 is 4.74 Å². The molecule has 9 N–H and O–H groups in total. The van der Waals surface area contributed by atoms with E-state index in [0.29, 0.717) is 33.9 Å². The summed E-state index contributed by atoms with van der Waals surface area (Å²) in [6.45, 7) is 3.57. The highest BCUT2D eigenvalue weighted by atomic mass is 16.8. The van der Waals surface area contributed by atoms with Crippen molar-refractivity contribution in [2.24, 2.45) is 11.8 Å². The van der Waals surface area contributed by atoms with Gasteiger partial charge in [0.05, 0.1) is 5.92 Å². The fraction of sp³-hybridized carbons (Fsp3) is 0.550. The van der Waals surface area contributed by atoms with Gasteiger partial charge in [0.25, 0.3) is 5.79 Å². The topological polar surface area (TPSA) is 212 Å². The maximum atomic E-state index is 11.0. The number of hydrogen-bond acceptors (Lipinski definition) is 11. The Kier molecular flexibility index (Phi) is 6.43. The number of likely N-dealkylation sites (tertiary alicyclic amines) is 1. The highest BCUT2D eigenvalue weighted by molar-refractivity contribution is 6.15. The Morgan fingerprint density at radius 3 is 2.27 bits per heavy atom. The molecular formula is C20H28BNO11. The lowest BCUT2D eigenvalue weighted by molar-refractivity contribution is -0.504. The Morgan fingerprint density at radius 1 is 1.12 bits per heavy atom. The van der Waals surface area contributed by atoms with Crippen LogP contribution in [0.3, 0.4) is 0 Å². The first kappa shape index (κ1) is 25.6. The van der Waals surface area contributed by atoms with Crippen LogP contribution >= 0.6 is 0 Å². The first-order valence-corrected chi connectivity index (χ1v) is 10.2. The Hall–Kier alpha value is -2.07. The van der Waals surface area contributed by atoms with Gasteiger partial charge < -0.3 is 50.7 Å². The number of fused-ring (bicyclic) bond motifs is 1. The van der Waals surface area contributed by atoms with E-state index in [4.69, 9.17) is 9.84 Å². The molecule has 1 aliphatic carbocycles. The quantitative estimate of drug-likeness (QED) is 0.131. The predicted molar refractivity (Wildman–Crippen MR) is 113 cm³/mol. The summed E-state index contributed by atoms with van der Waals surface area (Å²) >= 11 is 0. The standard InChI is InChI=1S/C20H28BNO11/c1-10-4-12-6-15(33-20(31,32)18(26,27)17(21,25)19(28,29)30)3-2-11(12)5-13(10)7-22-8-14(9-22)16(23)24/h2-3,5-6,10,14,25-32H,4,7-9,21H2,1H3,(H,23,24)/t10-,17?/m0/s1. The lowest BCUT2D eigenvalue weighted by Crippen LogP contribution is -2.78. The smallest absolute Gasteiger partial charge is 0.382 e. The van der Waals surface area contributed by atoms with Gasteiger partial charge in [0.1, 0.15) is 5.75 Å². The molecule has 1 heterocycles. The first-order chi connectivity index (χ1) is 15.0. The Morgan fingerprint density at radius 2 is 1.73 bits per heavy atom. The number of carboxylic acids is 1. The summed E-state index contributed by atoms with van der Waals surface area (Å²) < 4.78 is 4.83. The van der Waals surface area contributed by atoms with Crippen LogP contribution in [0, 0.1) is 11.8 Å². The average Bonchev–Trinajstić information content (AvgIpc) is 2.62. The number of ether oxygens (including phenoxy) is 1. The van der Waals surface area contributed by atoms with Crippen LogP contribution in [-0.4, -0.2) is 108 Å². The highest BCUT2D eigenvalue weighted by Gasteiger charge is 2.69. The van der Waals surface area contributed by atoms with Gasteiger partial charge in [-0.25, -0.2) is 0 Å². The second-order valence-electron chi connectivity index (χ2n) is 9.00. The third-order valence-corrected chi connectivity index (χ3v) is 6.37. The lowest BCUT2D eigenvalue weighted by atomic mass is 9.71. The van der Waals surface area contributed by atoms with Gasteiger partial charge in [-0.05, 0) is 35.6 Å². The molecular weight excluding hydrogens is 441 g/mol. The molecule has 13 heteroatoms. The van der Waals surface area contributed by atoms with E-state index in [1.54, 1.807) is 6.07 Å². The molecule has 3 rings (SSSR count). The van der Waals surface area contributed by atoms with Crippen LogP contribution in [0.5, 0.6) is 5.75 Å². The summed E-state index contributed by atoms with van der Waals surface area (Å²) in [5.41, 5.74) is -1.02. The molecule has 182 valence electrons. The maximum Gasteiger partial charge on any atom is 0.382 e. The Bertz CT molecular complexity index is 948. The van der Waals surface area contributed by atoms with Gasteiger partial charge in [-0.3, -0.25) is 9.69 Å². The summed E-state index contributed by atoms with van der Waals surface area (Å²) in [4.78, 5) is 13.0. The van der Waals surface area contributed by atoms with Crippen molar-refractivity contribution in [2.75, 3.05) is 19.6 Å². The second-order valence-corrected chi connectivity index (χ2v) is 9.00. The Labute approximate surface area is 189 Å². The molecule has 1 aromatic rings. The van der Waals surface area contributed by atoms with Gasteiger partial charge in [0.15, 0.2) is 13.3 Å². The highest BCUT2D eigenvalue weighted by Crippen LogP contribution is 2.37. The van der Waals surface area contributed by atoms with Gasteiger partial charge in [-0.15, -0.1) is 0 Å². The second kappa shape index (κ2) is 8.30. The molecule has 1 unspecified atom stereocenters. The van der Waals surface area contributed by atoms with E-state index < -0.39 is 29.2 Å². The summed E-state index contributed by atoms with van der Waals surface area (Å²) in [5, 5.41) is 86.6. The number of carboxylic acid groups (broad SMARTS) is 1. The Balaban J connectivity index is 1.76. The van der Waals surface area contributed by atoms with Gasteiger partial charge in [-0.1, -0.05) is 24.6 Å². The van der Waals surface area contributed by atoms with Crippen molar-refractivity contribution in [3.8, 4) is 5.75 Å². The van der Waals surface area contributed by atoms with Crippen molar-refractivity contribution in [1.82, 2.24) is 4.90 Å². The van der Waals surface area contributed by atoms with Gasteiger partial charge in [0.2, 0.25) is 0 Å². The number of aliphatic hydroxyl groups is 8.